The molecular weight excluding hydrogens is 328 g/mol. The van der Waals surface area contributed by atoms with Crippen molar-refractivity contribution in [1.29, 1.82) is 0 Å². The van der Waals surface area contributed by atoms with Crippen LogP contribution in [0, 0.1) is 0 Å². The topological polar surface area (TPSA) is 50.6 Å². The summed E-state index contributed by atoms with van der Waals surface area (Å²) < 4.78 is 7.51. The van der Waals surface area contributed by atoms with Gasteiger partial charge < -0.3 is 14.5 Å². The molecule has 0 saturated carbocycles. The van der Waals surface area contributed by atoms with Crippen LogP contribution < -0.4 is 9.64 Å². The van der Waals surface area contributed by atoms with Crippen molar-refractivity contribution in [3.8, 4) is 5.75 Å². The summed E-state index contributed by atoms with van der Waals surface area (Å²) in [5.74, 6) is 0.609. The normalized spacial score (nSPS) is 16.1. The lowest BCUT2D eigenvalue weighted by Gasteiger charge is -2.36. The Bertz CT molecular complexity index is 710. The third-order valence-corrected chi connectivity index (χ3v) is 4.34. The number of anilines is 1. The molecule has 1 aromatic heterocycles. The van der Waals surface area contributed by atoms with Crippen molar-refractivity contribution in [1.82, 2.24) is 14.7 Å². The number of hydrogen-bond acceptors (Lipinski definition) is 4. The van der Waals surface area contributed by atoms with Gasteiger partial charge in [-0.2, -0.15) is 5.10 Å². The SMILES string of the molecule is CC(Oc1cccc(Cl)c1)C(=O)N1CCN(c2cnn(C)c2)CC1. The first-order chi connectivity index (χ1) is 11.5. The quantitative estimate of drug-likeness (QED) is 0.850. The van der Waals surface area contributed by atoms with E-state index in [1.54, 1.807) is 29.8 Å². The molecule has 1 amide bonds. The molecule has 7 heteroatoms. The molecule has 1 aromatic carbocycles. The fourth-order valence-electron chi connectivity index (χ4n) is 2.81. The molecule has 1 aliphatic rings. The first kappa shape index (κ1) is 16.6. The number of nitrogens with zero attached hydrogens (tertiary/aromatic N) is 4. The minimum Gasteiger partial charge on any atom is -0.481 e. The first-order valence-corrected chi connectivity index (χ1v) is 8.35. The molecule has 128 valence electrons. The van der Waals surface area contributed by atoms with Crippen molar-refractivity contribution in [3.63, 3.8) is 0 Å². The van der Waals surface area contributed by atoms with Gasteiger partial charge in [0.05, 0.1) is 11.9 Å². The van der Waals surface area contributed by atoms with E-state index in [0.717, 1.165) is 18.8 Å². The van der Waals surface area contributed by atoms with Crippen LogP contribution in [-0.2, 0) is 11.8 Å². The average Bonchev–Trinajstić information content (AvgIpc) is 3.01. The summed E-state index contributed by atoms with van der Waals surface area (Å²) in [7, 11) is 1.90. The van der Waals surface area contributed by atoms with Crippen molar-refractivity contribution < 1.29 is 9.53 Å². The number of rotatable bonds is 4. The summed E-state index contributed by atoms with van der Waals surface area (Å²) in [5.41, 5.74) is 1.09. The van der Waals surface area contributed by atoms with Gasteiger partial charge in [0.1, 0.15) is 5.75 Å². The number of carbonyl (C=O) groups excluding carboxylic acids is 1. The number of benzene rings is 1. The van der Waals surface area contributed by atoms with E-state index >= 15 is 0 Å². The molecule has 2 aromatic rings. The van der Waals surface area contributed by atoms with Gasteiger partial charge in [0.15, 0.2) is 6.10 Å². The number of amides is 1. The van der Waals surface area contributed by atoms with E-state index in [9.17, 15) is 4.79 Å². The zero-order valence-corrected chi connectivity index (χ0v) is 14.6. The number of aryl methyl sites for hydroxylation is 1. The van der Waals surface area contributed by atoms with Gasteiger partial charge in [0.2, 0.25) is 0 Å². The van der Waals surface area contributed by atoms with Crippen LogP contribution in [0.2, 0.25) is 5.02 Å². The number of hydrogen-bond donors (Lipinski definition) is 0. The highest BCUT2D eigenvalue weighted by Gasteiger charge is 2.26. The largest absolute Gasteiger partial charge is 0.481 e. The van der Waals surface area contributed by atoms with Crippen molar-refractivity contribution in [2.45, 2.75) is 13.0 Å². The maximum absolute atomic E-state index is 12.6. The van der Waals surface area contributed by atoms with Crippen molar-refractivity contribution >= 4 is 23.2 Å². The zero-order valence-electron chi connectivity index (χ0n) is 13.9. The van der Waals surface area contributed by atoms with E-state index in [2.05, 4.69) is 10.00 Å². The Labute approximate surface area is 146 Å². The second kappa shape index (κ2) is 7.13. The second-order valence-corrected chi connectivity index (χ2v) is 6.34. The number of ether oxygens (including phenoxy) is 1. The van der Waals surface area contributed by atoms with E-state index in [1.807, 2.05) is 30.4 Å². The summed E-state index contributed by atoms with van der Waals surface area (Å²) in [4.78, 5) is 16.7. The monoisotopic (exact) mass is 348 g/mol. The zero-order chi connectivity index (χ0) is 17.1. The van der Waals surface area contributed by atoms with Gasteiger partial charge >= 0.3 is 0 Å². The van der Waals surface area contributed by atoms with Crippen LogP contribution in [0.25, 0.3) is 0 Å². The highest BCUT2D eigenvalue weighted by Crippen LogP contribution is 2.20. The van der Waals surface area contributed by atoms with Gasteiger partial charge in [-0.15, -0.1) is 0 Å². The van der Waals surface area contributed by atoms with E-state index in [4.69, 9.17) is 16.3 Å². The minimum absolute atomic E-state index is 0.000752. The van der Waals surface area contributed by atoms with E-state index < -0.39 is 6.10 Å². The predicted octanol–water partition coefficient (Wildman–Crippen LogP) is 2.19. The Morgan fingerprint density at radius 3 is 2.67 bits per heavy atom. The van der Waals surface area contributed by atoms with Crippen LogP contribution in [-0.4, -0.2) is 52.9 Å². The van der Waals surface area contributed by atoms with E-state index in [0.29, 0.717) is 23.9 Å². The number of halogens is 1. The van der Waals surface area contributed by atoms with Crippen molar-refractivity contribution in [2.75, 3.05) is 31.1 Å². The molecule has 24 heavy (non-hydrogen) atoms. The Balaban J connectivity index is 1.54. The number of piperazine rings is 1. The van der Waals surface area contributed by atoms with Gasteiger partial charge in [-0.1, -0.05) is 17.7 Å². The van der Waals surface area contributed by atoms with Crippen molar-refractivity contribution in [3.05, 3.63) is 41.7 Å². The molecule has 1 aliphatic heterocycles. The molecule has 0 radical (unpaired) electrons. The molecule has 1 unspecified atom stereocenters. The molecule has 1 atom stereocenters. The first-order valence-electron chi connectivity index (χ1n) is 7.97. The lowest BCUT2D eigenvalue weighted by atomic mass is 10.2. The molecule has 6 nitrogen and oxygen atoms in total. The maximum atomic E-state index is 12.6. The van der Waals surface area contributed by atoms with Crippen LogP contribution in [0.3, 0.4) is 0 Å². The van der Waals surface area contributed by atoms with Gasteiger partial charge in [-0.05, 0) is 25.1 Å². The fraction of sp³-hybridized carbons (Fsp3) is 0.412. The minimum atomic E-state index is -0.534. The smallest absolute Gasteiger partial charge is 0.263 e. The molecule has 1 saturated heterocycles. The van der Waals surface area contributed by atoms with E-state index in [1.165, 1.54) is 0 Å². The summed E-state index contributed by atoms with van der Waals surface area (Å²) in [5, 5.41) is 4.79. The highest BCUT2D eigenvalue weighted by atomic mass is 35.5. The number of carbonyl (C=O) groups is 1. The van der Waals surface area contributed by atoms with Gasteiger partial charge in [0, 0.05) is 44.4 Å². The van der Waals surface area contributed by atoms with Gasteiger partial charge in [-0.25, -0.2) is 0 Å². The summed E-state index contributed by atoms with van der Waals surface area (Å²) in [6, 6.07) is 7.10. The number of aromatic nitrogens is 2. The van der Waals surface area contributed by atoms with E-state index in [-0.39, 0.29) is 5.91 Å². The van der Waals surface area contributed by atoms with Crippen LogP contribution in [0.5, 0.6) is 5.75 Å². The Morgan fingerprint density at radius 1 is 1.29 bits per heavy atom. The molecule has 3 rings (SSSR count). The molecule has 0 spiro atoms. The van der Waals surface area contributed by atoms with Gasteiger partial charge in [0.25, 0.3) is 5.91 Å². The molecule has 2 heterocycles. The Kier molecular flexibility index (Phi) is 4.94. The van der Waals surface area contributed by atoms with Crippen molar-refractivity contribution in [2.24, 2.45) is 7.05 Å². The third-order valence-electron chi connectivity index (χ3n) is 4.10. The summed E-state index contributed by atoms with van der Waals surface area (Å²) in [6.45, 7) is 4.72. The van der Waals surface area contributed by atoms with Crippen LogP contribution in [0.1, 0.15) is 6.92 Å². The lowest BCUT2D eigenvalue weighted by molar-refractivity contribution is -0.138. The van der Waals surface area contributed by atoms with Gasteiger partial charge in [-0.3, -0.25) is 9.48 Å². The second-order valence-electron chi connectivity index (χ2n) is 5.90. The third kappa shape index (κ3) is 3.82. The Morgan fingerprint density at radius 2 is 2.04 bits per heavy atom. The molecule has 0 N–H and O–H groups in total. The average molecular weight is 349 g/mol. The molecule has 1 fully saturated rings. The van der Waals surface area contributed by atoms with Crippen LogP contribution >= 0.6 is 11.6 Å². The Hall–Kier alpha value is -2.21. The maximum Gasteiger partial charge on any atom is 0.263 e. The molecule has 0 bridgehead atoms. The highest BCUT2D eigenvalue weighted by molar-refractivity contribution is 6.30. The molecular formula is C17H21ClN4O2. The summed E-state index contributed by atoms with van der Waals surface area (Å²) in [6.07, 6.45) is 3.30. The summed E-state index contributed by atoms with van der Waals surface area (Å²) >= 11 is 5.94. The van der Waals surface area contributed by atoms with Crippen LogP contribution in [0.4, 0.5) is 5.69 Å². The predicted molar refractivity (Wildman–Crippen MR) is 93.5 cm³/mol. The standard InChI is InChI=1S/C17H21ClN4O2/c1-13(24-16-5-3-4-14(18)10-16)17(23)22-8-6-21(7-9-22)15-11-19-20(2)12-15/h3-5,10-13H,6-9H2,1-2H3. The van der Waals surface area contributed by atoms with Crippen LogP contribution in [0.15, 0.2) is 36.7 Å². The fourth-order valence-corrected chi connectivity index (χ4v) is 2.99. The molecule has 0 aliphatic carbocycles. The lowest BCUT2D eigenvalue weighted by Crippen LogP contribution is -2.52.